The molecule has 0 amide bonds. The summed E-state index contributed by atoms with van der Waals surface area (Å²) in [5.41, 5.74) is 0. The number of thiophene rings is 1. The minimum Gasteiger partial charge on any atom is -0.392 e. The van der Waals surface area contributed by atoms with Crippen molar-refractivity contribution in [1.29, 1.82) is 0 Å². The van der Waals surface area contributed by atoms with Crippen molar-refractivity contribution in [3.63, 3.8) is 0 Å². The summed E-state index contributed by atoms with van der Waals surface area (Å²) in [7, 11) is 0. The molecule has 0 fully saturated rings. The molecule has 10 heavy (non-hydrogen) atoms. The fourth-order valence-corrected chi connectivity index (χ4v) is 1.52. The maximum Gasteiger partial charge on any atom is 0.0615 e. The molecule has 2 heteroatoms. The maximum atomic E-state index is 8.45. The van der Waals surface area contributed by atoms with Crippen LogP contribution in [-0.2, 0) is 0 Å². The highest BCUT2D eigenvalue weighted by Crippen LogP contribution is 2.15. The molecule has 0 aliphatic rings. The first-order valence-electron chi connectivity index (χ1n) is 3.17. The highest BCUT2D eigenvalue weighted by molar-refractivity contribution is 7.12. The van der Waals surface area contributed by atoms with Gasteiger partial charge in [0.15, 0.2) is 0 Å². The summed E-state index contributed by atoms with van der Waals surface area (Å²) >= 11 is 1.73. The van der Waals surface area contributed by atoms with Crippen LogP contribution in [0.2, 0.25) is 0 Å². The highest BCUT2D eigenvalue weighted by Gasteiger charge is 1.88. The van der Waals surface area contributed by atoms with Gasteiger partial charge in [0.25, 0.3) is 0 Å². The Morgan fingerprint density at radius 2 is 2.40 bits per heavy atom. The zero-order chi connectivity index (χ0) is 7.40. The Kier molecular flexibility index (Phi) is 2.66. The highest BCUT2D eigenvalue weighted by atomic mass is 32.1. The smallest absolute Gasteiger partial charge is 0.0615 e. The molecule has 0 aromatic carbocycles. The normalized spacial score (nSPS) is 11.0. The monoisotopic (exact) mass is 154 g/mol. The molecule has 0 spiro atoms. The van der Waals surface area contributed by atoms with E-state index in [2.05, 4.69) is 13.0 Å². The van der Waals surface area contributed by atoms with Gasteiger partial charge in [0.05, 0.1) is 6.61 Å². The van der Waals surface area contributed by atoms with Crippen molar-refractivity contribution >= 4 is 17.4 Å². The number of aliphatic hydroxyl groups excluding tert-OH is 1. The van der Waals surface area contributed by atoms with E-state index in [1.165, 1.54) is 9.75 Å². The van der Waals surface area contributed by atoms with Crippen LogP contribution < -0.4 is 0 Å². The van der Waals surface area contributed by atoms with Gasteiger partial charge in [-0.3, -0.25) is 0 Å². The third-order valence-electron chi connectivity index (χ3n) is 1.15. The molecular formula is C8H10OS. The maximum absolute atomic E-state index is 8.45. The van der Waals surface area contributed by atoms with E-state index < -0.39 is 0 Å². The summed E-state index contributed by atoms with van der Waals surface area (Å²) in [5.74, 6) is 0. The van der Waals surface area contributed by atoms with Crippen molar-refractivity contribution in [2.45, 2.75) is 6.92 Å². The number of aliphatic hydroxyl groups is 1. The summed E-state index contributed by atoms with van der Waals surface area (Å²) in [6, 6.07) is 4.12. The first-order valence-corrected chi connectivity index (χ1v) is 3.98. The van der Waals surface area contributed by atoms with E-state index in [1.807, 2.05) is 12.1 Å². The Morgan fingerprint density at radius 3 is 2.90 bits per heavy atom. The van der Waals surface area contributed by atoms with E-state index in [9.17, 15) is 0 Å². The average Bonchev–Trinajstić information content (AvgIpc) is 2.31. The molecule has 0 aliphatic heterocycles. The summed E-state index contributed by atoms with van der Waals surface area (Å²) in [6.07, 6.45) is 3.67. The fraction of sp³-hybridized carbons (Fsp3) is 0.250. The Balaban J connectivity index is 2.67. The molecule has 54 valence electrons. The molecule has 0 atom stereocenters. The molecule has 0 saturated heterocycles. The summed E-state index contributed by atoms with van der Waals surface area (Å²) in [6.45, 7) is 2.19. The van der Waals surface area contributed by atoms with Crippen LogP contribution in [0.3, 0.4) is 0 Å². The quantitative estimate of drug-likeness (QED) is 0.691. The predicted octanol–water partition coefficient (Wildman–Crippen LogP) is 2.06. The Bertz CT molecular complexity index is 225. The summed E-state index contributed by atoms with van der Waals surface area (Å²) in [4.78, 5) is 2.50. The van der Waals surface area contributed by atoms with Crippen LogP contribution in [0.4, 0.5) is 0 Å². The van der Waals surface area contributed by atoms with Gasteiger partial charge < -0.3 is 5.11 Å². The van der Waals surface area contributed by atoms with E-state index in [-0.39, 0.29) is 6.61 Å². The minimum absolute atomic E-state index is 0.122. The first kappa shape index (κ1) is 7.51. The molecule has 1 aromatic rings. The lowest BCUT2D eigenvalue weighted by molar-refractivity contribution is 0.343. The van der Waals surface area contributed by atoms with E-state index >= 15 is 0 Å². The molecule has 1 N–H and O–H groups in total. The summed E-state index contributed by atoms with van der Waals surface area (Å²) < 4.78 is 0. The standard InChI is InChI=1S/C8H10OS/c1-7-4-5-8(10-7)3-2-6-9/h2-5,9H,6H2,1H3/b3-2+. The van der Waals surface area contributed by atoms with E-state index in [4.69, 9.17) is 5.11 Å². The summed E-state index contributed by atoms with van der Waals surface area (Å²) in [5, 5.41) is 8.45. The van der Waals surface area contributed by atoms with Crippen molar-refractivity contribution in [3.05, 3.63) is 28.0 Å². The van der Waals surface area contributed by atoms with Gasteiger partial charge in [0, 0.05) is 9.75 Å². The minimum atomic E-state index is 0.122. The second kappa shape index (κ2) is 3.54. The molecule has 0 bridgehead atoms. The SMILES string of the molecule is Cc1ccc(/C=C/CO)s1. The number of aryl methyl sites for hydroxylation is 1. The molecule has 1 aromatic heterocycles. The van der Waals surface area contributed by atoms with Gasteiger partial charge in [0.2, 0.25) is 0 Å². The third kappa shape index (κ3) is 1.97. The molecule has 1 heterocycles. The van der Waals surface area contributed by atoms with Crippen molar-refractivity contribution in [1.82, 2.24) is 0 Å². The van der Waals surface area contributed by atoms with Crippen LogP contribution in [0.1, 0.15) is 9.75 Å². The predicted molar refractivity (Wildman–Crippen MR) is 45.2 cm³/mol. The van der Waals surface area contributed by atoms with Gasteiger partial charge >= 0.3 is 0 Å². The van der Waals surface area contributed by atoms with Crippen LogP contribution in [0.15, 0.2) is 18.2 Å². The zero-order valence-corrected chi connectivity index (χ0v) is 6.69. The van der Waals surface area contributed by atoms with Crippen molar-refractivity contribution in [2.75, 3.05) is 6.61 Å². The third-order valence-corrected chi connectivity index (χ3v) is 2.11. The van der Waals surface area contributed by atoms with Crippen LogP contribution in [0.5, 0.6) is 0 Å². The van der Waals surface area contributed by atoms with Crippen molar-refractivity contribution in [3.8, 4) is 0 Å². The van der Waals surface area contributed by atoms with Crippen LogP contribution in [-0.4, -0.2) is 11.7 Å². The van der Waals surface area contributed by atoms with Gasteiger partial charge in [-0.05, 0) is 25.1 Å². The molecule has 0 unspecified atom stereocenters. The van der Waals surface area contributed by atoms with E-state index in [0.717, 1.165) is 0 Å². The number of hydrogen-bond acceptors (Lipinski definition) is 2. The van der Waals surface area contributed by atoms with Gasteiger partial charge in [-0.1, -0.05) is 6.08 Å². The molecule has 0 aliphatic carbocycles. The van der Waals surface area contributed by atoms with Crippen LogP contribution in [0, 0.1) is 6.92 Å². The Labute approximate surface area is 64.6 Å². The van der Waals surface area contributed by atoms with Crippen LogP contribution in [0.25, 0.3) is 6.08 Å². The molecule has 1 nitrogen and oxygen atoms in total. The van der Waals surface area contributed by atoms with Crippen LogP contribution >= 0.6 is 11.3 Å². The molecule has 0 radical (unpaired) electrons. The topological polar surface area (TPSA) is 20.2 Å². The van der Waals surface area contributed by atoms with Gasteiger partial charge in [0.1, 0.15) is 0 Å². The lowest BCUT2D eigenvalue weighted by Crippen LogP contribution is -1.68. The van der Waals surface area contributed by atoms with Crippen molar-refractivity contribution in [2.24, 2.45) is 0 Å². The van der Waals surface area contributed by atoms with Gasteiger partial charge in [-0.15, -0.1) is 11.3 Å². The first-order chi connectivity index (χ1) is 4.83. The second-order valence-corrected chi connectivity index (χ2v) is 3.35. The Morgan fingerprint density at radius 1 is 1.60 bits per heavy atom. The fourth-order valence-electron chi connectivity index (χ4n) is 0.712. The number of rotatable bonds is 2. The zero-order valence-electron chi connectivity index (χ0n) is 5.87. The largest absolute Gasteiger partial charge is 0.392 e. The van der Waals surface area contributed by atoms with Crippen molar-refractivity contribution < 1.29 is 5.11 Å². The molecule has 1 rings (SSSR count). The van der Waals surface area contributed by atoms with Gasteiger partial charge in [-0.25, -0.2) is 0 Å². The van der Waals surface area contributed by atoms with E-state index in [0.29, 0.717) is 0 Å². The van der Waals surface area contributed by atoms with Gasteiger partial charge in [-0.2, -0.15) is 0 Å². The van der Waals surface area contributed by atoms with E-state index in [1.54, 1.807) is 17.4 Å². The lowest BCUT2D eigenvalue weighted by Gasteiger charge is -1.80. The molecular weight excluding hydrogens is 144 g/mol. The number of hydrogen-bond donors (Lipinski definition) is 1. The Hall–Kier alpha value is -0.600. The average molecular weight is 154 g/mol. The second-order valence-electron chi connectivity index (χ2n) is 2.03. The lowest BCUT2D eigenvalue weighted by atomic mass is 10.4. The molecule has 0 saturated carbocycles.